The summed E-state index contributed by atoms with van der Waals surface area (Å²) in [6.45, 7) is 2.96. The summed E-state index contributed by atoms with van der Waals surface area (Å²) in [6, 6.07) is 19.1. The van der Waals surface area contributed by atoms with Crippen LogP contribution in [0.4, 0.5) is 17.5 Å². The number of aryl methyl sites for hydroxylation is 1. The van der Waals surface area contributed by atoms with E-state index in [-0.39, 0.29) is 5.91 Å². The molecule has 0 aliphatic carbocycles. The number of carbonyl (C=O) groups is 1. The van der Waals surface area contributed by atoms with E-state index in [2.05, 4.69) is 31.1 Å². The van der Waals surface area contributed by atoms with E-state index in [1.165, 1.54) is 6.08 Å². The summed E-state index contributed by atoms with van der Waals surface area (Å²) in [5, 5.41) is 17.3. The van der Waals surface area contributed by atoms with E-state index in [0.717, 1.165) is 17.1 Å². The van der Waals surface area contributed by atoms with Gasteiger partial charge in [-0.1, -0.05) is 36.4 Å². The van der Waals surface area contributed by atoms with Crippen molar-refractivity contribution in [1.29, 1.82) is 0 Å². The van der Waals surface area contributed by atoms with Crippen molar-refractivity contribution in [2.75, 3.05) is 23.7 Å². The molecule has 0 saturated heterocycles. The highest BCUT2D eigenvalue weighted by Crippen LogP contribution is 2.12. The Kier molecular flexibility index (Phi) is 6.67. The molecule has 3 rings (SSSR count). The molecule has 0 spiro atoms. The van der Waals surface area contributed by atoms with Crippen molar-refractivity contribution in [2.45, 2.75) is 6.92 Å². The van der Waals surface area contributed by atoms with Crippen LogP contribution in [0.2, 0.25) is 0 Å². The molecule has 0 fully saturated rings. The minimum absolute atomic E-state index is 0.137. The maximum Gasteiger partial charge on any atom is 0.244 e. The Bertz CT molecular complexity index is 925. The van der Waals surface area contributed by atoms with Crippen LogP contribution in [0.25, 0.3) is 6.08 Å². The van der Waals surface area contributed by atoms with Gasteiger partial charge in [0.25, 0.3) is 0 Å². The number of nitrogens with one attached hydrogen (secondary N) is 3. The molecule has 0 unspecified atom stereocenters. The molecule has 1 aromatic carbocycles. The smallest absolute Gasteiger partial charge is 0.244 e. The van der Waals surface area contributed by atoms with Gasteiger partial charge in [-0.2, -0.15) is 0 Å². The number of hydrogen-bond donors (Lipinski definition) is 3. The molecule has 28 heavy (non-hydrogen) atoms. The second kappa shape index (κ2) is 9.82. The molecular weight excluding hydrogens is 352 g/mol. The third kappa shape index (κ3) is 6.21. The Morgan fingerprint density at radius 2 is 1.68 bits per heavy atom. The summed E-state index contributed by atoms with van der Waals surface area (Å²) < 4.78 is 0. The average molecular weight is 374 g/mol. The van der Waals surface area contributed by atoms with Crippen LogP contribution < -0.4 is 16.0 Å². The summed E-state index contributed by atoms with van der Waals surface area (Å²) in [6.07, 6.45) is 3.30. The molecule has 0 aliphatic heterocycles. The normalized spacial score (nSPS) is 10.6. The number of aromatic nitrogens is 3. The van der Waals surface area contributed by atoms with E-state index in [0.29, 0.717) is 24.7 Å². The number of hydrogen-bond acceptors (Lipinski definition) is 6. The zero-order chi connectivity index (χ0) is 19.6. The van der Waals surface area contributed by atoms with Gasteiger partial charge in [0.05, 0.1) is 0 Å². The van der Waals surface area contributed by atoms with Gasteiger partial charge < -0.3 is 16.0 Å². The van der Waals surface area contributed by atoms with E-state index in [1.807, 2.05) is 67.6 Å². The second-order valence-electron chi connectivity index (χ2n) is 6.05. The highest BCUT2D eigenvalue weighted by Gasteiger charge is 2.00. The molecule has 0 aliphatic rings. The topological polar surface area (TPSA) is 91.8 Å². The zero-order valence-corrected chi connectivity index (χ0v) is 15.6. The average Bonchev–Trinajstić information content (AvgIpc) is 2.72. The van der Waals surface area contributed by atoms with E-state index < -0.39 is 0 Å². The molecule has 142 valence electrons. The first-order chi connectivity index (χ1) is 13.7. The van der Waals surface area contributed by atoms with Crippen LogP contribution in [0.5, 0.6) is 0 Å². The van der Waals surface area contributed by atoms with Gasteiger partial charge in [0, 0.05) is 24.9 Å². The van der Waals surface area contributed by atoms with Crippen molar-refractivity contribution in [3.8, 4) is 0 Å². The molecule has 2 aromatic heterocycles. The van der Waals surface area contributed by atoms with Crippen LogP contribution in [0.1, 0.15) is 11.3 Å². The summed E-state index contributed by atoms with van der Waals surface area (Å²) in [5.74, 6) is 1.84. The van der Waals surface area contributed by atoms with Gasteiger partial charge in [-0.05, 0) is 42.8 Å². The van der Waals surface area contributed by atoms with Gasteiger partial charge in [0.1, 0.15) is 11.6 Å². The number of nitrogens with zero attached hydrogens (tertiary/aromatic N) is 3. The molecule has 3 aromatic rings. The third-order valence-electron chi connectivity index (χ3n) is 3.77. The first-order valence-corrected chi connectivity index (χ1v) is 8.98. The third-order valence-corrected chi connectivity index (χ3v) is 3.77. The molecule has 3 N–H and O–H groups in total. The van der Waals surface area contributed by atoms with E-state index in [9.17, 15) is 4.79 Å². The lowest BCUT2D eigenvalue weighted by atomic mass is 10.2. The van der Waals surface area contributed by atoms with Gasteiger partial charge in [-0.15, -0.1) is 10.2 Å². The Hall–Kier alpha value is -3.74. The molecule has 0 bridgehead atoms. The first kappa shape index (κ1) is 19.0. The van der Waals surface area contributed by atoms with Crippen LogP contribution in [0.15, 0.2) is 66.7 Å². The van der Waals surface area contributed by atoms with Crippen LogP contribution in [0, 0.1) is 6.92 Å². The van der Waals surface area contributed by atoms with Crippen molar-refractivity contribution in [2.24, 2.45) is 0 Å². The monoisotopic (exact) mass is 374 g/mol. The van der Waals surface area contributed by atoms with Gasteiger partial charge in [0.2, 0.25) is 5.91 Å². The van der Waals surface area contributed by atoms with E-state index >= 15 is 0 Å². The lowest BCUT2D eigenvalue weighted by Crippen LogP contribution is -2.27. The van der Waals surface area contributed by atoms with Crippen LogP contribution in [-0.2, 0) is 4.79 Å². The summed E-state index contributed by atoms with van der Waals surface area (Å²) in [5.41, 5.74) is 1.91. The number of pyridine rings is 1. The van der Waals surface area contributed by atoms with Crippen LogP contribution in [-0.4, -0.2) is 34.2 Å². The largest absolute Gasteiger partial charge is 0.367 e. The molecule has 1 amide bonds. The molecule has 0 atom stereocenters. The zero-order valence-electron chi connectivity index (χ0n) is 15.6. The number of carbonyl (C=O) groups excluding carboxylic acids is 1. The van der Waals surface area contributed by atoms with Gasteiger partial charge in [-0.3, -0.25) is 4.79 Å². The maximum absolute atomic E-state index is 11.8. The van der Waals surface area contributed by atoms with Crippen molar-refractivity contribution in [3.05, 3.63) is 78.0 Å². The minimum atomic E-state index is -0.137. The molecule has 7 nitrogen and oxygen atoms in total. The number of amides is 1. The predicted molar refractivity (Wildman–Crippen MR) is 111 cm³/mol. The lowest BCUT2D eigenvalue weighted by Gasteiger charge is -2.07. The Balaban J connectivity index is 1.39. The Morgan fingerprint density at radius 3 is 2.43 bits per heavy atom. The van der Waals surface area contributed by atoms with Crippen molar-refractivity contribution < 1.29 is 4.79 Å². The van der Waals surface area contributed by atoms with Gasteiger partial charge in [-0.25, -0.2) is 4.98 Å². The van der Waals surface area contributed by atoms with Crippen LogP contribution >= 0.6 is 0 Å². The van der Waals surface area contributed by atoms with Crippen molar-refractivity contribution >= 4 is 29.4 Å². The van der Waals surface area contributed by atoms with Crippen LogP contribution in [0.3, 0.4) is 0 Å². The molecular formula is C21H22N6O. The summed E-state index contributed by atoms with van der Waals surface area (Å²) in [4.78, 5) is 16.2. The highest BCUT2D eigenvalue weighted by molar-refractivity contribution is 5.91. The predicted octanol–water partition coefficient (Wildman–Crippen LogP) is 3.17. The lowest BCUT2D eigenvalue weighted by molar-refractivity contribution is -0.116. The Labute approximate surface area is 163 Å². The fourth-order valence-electron chi connectivity index (χ4n) is 2.41. The van der Waals surface area contributed by atoms with E-state index in [4.69, 9.17) is 0 Å². The molecule has 7 heteroatoms. The fraction of sp³-hybridized carbons (Fsp3) is 0.143. The van der Waals surface area contributed by atoms with Gasteiger partial charge >= 0.3 is 0 Å². The maximum atomic E-state index is 11.8. The SMILES string of the molecule is Cc1cccc(Nc2ccc(NCCNC(=O)C=Cc3ccccc3)nn2)n1. The molecule has 0 saturated carbocycles. The molecule has 2 heterocycles. The van der Waals surface area contributed by atoms with Crippen molar-refractivity contribution in [3.63, 3.8) is 0 Å². The second-order valence-corrected chi connectivity index (χ2v) is 6.05. The number of benzene rings is 1. The highest BCUT2D eigenvalue weighted by atomic mass is 16.1. The Morgan fingerprint density at radius 1 is 0.893 bits per heavy atom. The quantitative estimate of drug-likeness (QED) is 0.414. The first-order valence-electron chi connectivity index (χ1n) is 8.98. The molecule has 0 radical (unpaired) electrons. The van der Waals surface area contributed by atoms with Crippen molar-refractivity contribution in [1.82, 2.24) is 20.5 Å². The minimum Gasteiger partial charge on any atom is -0.367 e. The standard InChI is InChI=1S/C21H22N6O/c1-16-6-5-9-19(24-16)25-20-12-11-18(26-27-20)22-14-15-23-21(28)13-10-17-7-3-2-4-8-17/h2-13H,14-15H2,1H3,(H,22,26)(H,23,28)(H,24,25,27). The summed E-state index contributed by atoms with van der Waals surface area (Å²) >= 11 is 0. The van der Waals surface area contributed by atoms with Gasteiger partial charge in [0.15, 0.2) is 5.82 Å². The summed E-state index contributed by atoms with van der Waals surface area (Å²) in [7, 11) is 0. The fourth-order valence-corrected chi connectivity index (χ4v) is 2.41. The van der Waals surface area contributed by atoms with E-state index in [1.54, 1.807) is 6.08 Å². The number of anilines is 3. The number of rotatable bonds is 8.